The number of methoxy groups -OCH3 is 1. The molecule has 136 valence electrons. The number of hydrogen-bond donors (Lipinski definition) is 1. The molecule has 1 heterocycles. The quantitative estimate of drug-likeness (QED) is 0.496. The summed E-state index contributed by atoms with van der Waals surface area (Å²) in [5.74, 6) is -0.132. The summed E-state index contributed by atoms with van der Waals surface area (Å²) in [6.45, 7) is 2.15. The highest BCUT2D eigenvalue weighted by Gasteiger charge is 2.16. The number of nitro groups is 1. The molecule has 0 amide bonds. The van der Waals surface area contributed by atoms with Crippen molar-refractivity contribution in [1.29, 1.82) is 0 Å². The molecule has 26 heavy (non-hydrogen) atoms. The van der Waals surface area contributed by atoms with E-state index in [1.165, 1.54) is 50.4 Å². The zero-order valence-electron chi connectivity index (χ0n) is 14.6. The Morgan fingerprint density at radius 1 is 1.19 bits per heavy atom. The Labute approximate surface area is 151 Å². The summed E-state index contributed by atoms with van der Waals surface area (Å²) in [7, 11) is 1.35. The third kappa shape index (κ3) is 3.93. The van der Waals surface area contributed by atoms with Crippen molar-refractivity contribution in [2.45, 2.75) is 19.3 Å². The van der Waals surface area contributed by atoms with Gasteiger partial charge < -0.3 is 14.7 Å². The lowest BCUT2D eigenvalue weighted by Gasteiger charge is -2.28. The summed E-state index contributed by atoms with van der Waals surface area (Å²) in [6.07, 6.45) is 5.12. The van der Waals surface area contributed by atoms with Crippen molar-refractivity contribution < 1.29 is 14.8 Å². The highest BCUT2D eigenvalue weighted by Crippen LogP contribution is 2.34. The van der Waals surface area contributed by atoms with Crippen molar-refractivity contribution in [3.63, 3.8) is 0 Å². The molecular formula is C19H21N3O4. The van der Waals surface area contributed by atoms with Gasteiger partial charge in [0.15, 0.2) is 11.5 Å². The normalized spacial score (nSPS) is 14.6. The summed E-state index contributed by atoms with van der Waals surface area (Å²) in [4.78, 5) is 17.2. The number of aromatic hydroxyl groups is 1. The van der Waals surface area contributed by atoms with E-state index in [0.29, 0.717) is 5.69 Å². The molecule has 0 atom stereocenters. The minimum atomic E-state index is -0.535. The molecule has 1 fully saturated rings. The van der Waals surface area contributed by atoms with Crippen LogP contribution < -0.4 is 9.64 Å². The van der Waals surface area contributed by atoms with Crippen molar-refractivity contribution in [1.82, 2.24) is 0 Å². The summed E-state index contributed by atoms with van der Waals surface area (Å²) in [5, 5.41) is 21.2. The second kappa shape index (κ2) is 7.86. The lowest BCUT2D eigenvalue weighted by Crippen LogP contribution is -2.29. The summed E-state index contributed by atoms with van der Waals surface area (Å²) in [5.41, 5.74) is 1.94. The van der Waals surface area contributed by atoms with Crippen LogP contribution in [0.3, 0.4) is 0 Å². The van der Waals surface area contributed by atoms with Gasteiger partial charge >= 0.3 is 0 Å². The topological polar surface area (TPSA) is 88.2 Å². The molecule has 1 aliphatic rings. The van der Waals surface area contributed by atoms with E-state index < -0.39 is 4.92 Å². The minimum absolute atomic E-state index is 0.0427. The number of non-ortho nitro benzene ring substituents is 1. The van der Waals surface area contributed by atoms with Gasteiger partial charge in [0.25, 0.3) is 5.69 Å². The van der Waals surface area contributed by atoms with E-state index in [-0.39, 0.29) is 22.7 Å². The van der Waals surface area contributed by atoms with Crippen LogP contribution in [0.4, 0.5) is 17.1 Å². The maximum atomic E-state index is 11.0. The maximum absolute atomic E-state index is 11.0. The van der Waals surface area contributed by atoms with Gasteiger partial charge in [0, 0.05) is 36.6 Å². The Bertz CT molecular complexity index is 812. The monoisotopic (exact) mass is 355 g/mol. The number of nitro benzene ring substituents is 1. The first kappa shape index (κ1) is 17.7. The molecule has 7 heteroatoms. The van der Waals surface area contributed by atoms with Gasteiger partial charge in [0.05, 0.1) is 23.8 Å². The molecule has 0 saturated carbocycles. The molecule has 2 aromatic rings. The Morgan fingerprint density at radius 3 is 2.50 bits per heavy atom. The van der Waals surface area contributed by atoms with E-state index in [9.17, 15) is 15.2 Å². The first-order valence-electron chi connectivity index (χ1n) is 8.53. The molecular weight excluding hydrogens is 334 g/mol. The number of phenols is 1. The summed E-state index contributed by atoms with van der Waals surface area (Å²) >= 11 is 0. The molecule has 3 rings (SSSR count). The number of hydrogen-bond acceptors (Lipinski definition) is 6. The van der Waals surface area contributed by atoms with Gasteiger partial charge in [-0.2, -0.15) is 0 Å². The fourth-order valence-corrected chi connectivity index (χ4v) is 3.02. The Hall–Kier alpha value is -3.09. The van der Waals surface area contributed by atoms with Gasteiger partial charge in [-0.15, -0.1) is 0 Å². The third-order valence-electron chi connectivity index (χ3n) is 4.44. The van der Waals surface area contributed by atoms with Crippen LogP contribution in [-0.4, -0.2) is 36.4 Å². The van der Waals surface area contributed by atoms with Crippen molar-refractivity contribution in [3.05, 3.63) is 52.1 Å². The maximum Gasteiger partial charge on any atom is 0.274 e. The largest absolute Gasteiger partial charge is 0.504 e. The summed E-state index contributed by atoms with van der Waals surface area (Å²) < 4.78 is 4.99. The number of ether oxygens (including phenoxy) is 1. The molecule has 2 aromatic carbocycles. The third-order valence-corrected chi connectivity index (χ3v) is 4.44. The first-order chi connectivity index (χ1) is 12.6. The Balaban J connectivity index is 1.81. The van der Waals surface area contributed by atoms with Gasteiger partial charge in [-0.3, -0.25) is 15.1 Å². The fourth-order valence-electron chi connectivity index (χ4n) is 3.02. The van der Waals surface area contributed by atoms with Crippen molar-refractivity contribution in [2.75, 3.05) is 25.1 Å². The van der Waals surface area contributed by atoms with E-state index >= 15 is 0 Å². The van der Waals surface area contributed by atoms with E-state index in [2.05, 4.69) is 9.89 Å². The molecule has 0 radical (unpaired) electrons. The van der Waals surface area contributed by atoms with Crippen LogP contribution in [0.25, 0.3) is 0 Å². The van der Waals surface area contributed by atoms with Crippen LogP contribution >= 0.6 is 0 Å². The number of rotatable bonds is 5. The van der Waals surface area contributed by atoms with Gasteiger partial charge in [0.2, 0.25) is 0 Å². The van der Waals surface area contributed by atoms with Gasteiger partial charge in [-0.1, -0.05) is 0 Å². The van der Waals surface area contributed by atoms with E-state index in [0.717, 1.165) is 13.1 Å². The number of phenolic OH excluding ortho intramolecular Hbond substituents is 1. The molecule has 0 unspecified atom stereocenters. The van der Waals surface area contributed by atoms with Gasteiger partial charge in [-0.05, 0) is 43.5 Å². The predicted octanol–water partition coefficient (Wildman–Crippen LogP) is 4.05. The highest BCUT2D eigenvalue weighted by molar-refractivity contribution is 5.88. The second-order valence-corrected chi connectivity index (χ2v) is 6.17. The Morgan fingerprint density at radius 2 is 1.88 bits per heavy atom. The zero-order chi connectivity index (χ0) is 18.5. The van der Waals surface area contributed by atoms with Crippen LogP contribution in [-0.2, 0) is 0 Å². The minimum Gasteiger partial charge on any atom is -0.504 e. The SMILES string of the molecule is COc1cc([N+](=O)[O-])cc(C=Nc2ccc(N3CCCCC3)cc2)c1O. The molecule has 1 N–H and O–H groups in total. The molecule has 0 bridgehead atoms. The zero-order valence-corrected chi connectivity index (χ0v) is 14.6. The van der Waals surface area contributed by atoms with E-state index in [1.54, 1.807) is 0 Å². The van der Waals surface area contributed by atoms with Gasteiger partial charge in [0.1, 0.15) is 0 Å². The number of anilines is 1. The van der Waals surface area contributed by atoms with Crippen molar-refractivity contribution in [2.24, 2.45) is 4.99 Å². The van der Waals surface area contributed by atoms with E-state index in [1.807, 2.05) is 24.3 Å². The van der Waals surface area contributed by atoms with Crippen LogP contribution in [0.5, 0.6) is 11.5 Å². The van der Waals surface area contributed by atoms with Crippen molar-refractivity contribution >= 4 is 23.3 Å². The molecule has 0 spiro atoms. The average molecular weight is 355 g/mol. The first-order valence-corrected chi connectivity index (χ1v) is 8.53. The average Bonchev–Trinajstić information content (AvgIpc) is 2.68. The van der Waals surface area contributed by atoms with Gasteiger partial charge in [-0.25, -0.2) is 0 Å². The van der Waals surface area contributed by atoms with Crippen LogP contribution in [0.1, 0.15) is 24.8 Å². The molecule has 1 aliphatic heterocycles. The lowest BCUT2D eigenvalue weighted by molar-refractivity contribution is -0.385. The number of nitrogens with zero attached hydrogens (tertiary/aromatic N) is 3. The number of piperidine rings is 1. The molecule has 1 saturated heterocycles. The summed E-state index contributed by atoms with van der Waals surface area (Å²) in [6, 6.07) is 10.3. The number of benzene rings is 2. The fraction of sp³-hybridized carbons (Fsp3) is 0.316. The standard InChI is InChI=1S/C19H21N3O4/c1-26-18-12-17(22(24)25)11-14(19(18)23)13-20-15-5-7-16(8-6-15)21-9-3-2-4-10-21/h5-8,11-13,23H,2-4,9-10H2,1H3. The Kier molecular flexibility index (Phi) is 5.36. The highest BCUT2D eigenvalue weighted by atomic mass is 16.6. The van der Waals surface area contributed by atoms with Crippen LogP contribution in [0, 0.1) is 10.1 Å². The van der Waals surface area contributed by atoms with Crippen molar-refractivity contribution in [3.8, 4) is 11.5 Å². The molecule has 7 nitrogen and oxygen atoms in total. The van der Waals surface area contributed by atoms with Crippen LogP contribution in [0.15, 0.2) is 41.4 Å². The second-order valence-electron chi connectivity index (χ2n) is 6.17. The molecule has 0 aromatic heterocycles. The number of aliphatic imine (C=N–C) groups is 1. The molecule has 0 aliphatic carbocycles. The smallest absolute Gasteiger partial charge is 0.274 e. The lowest BCUT2D eigenvalue weighted by atomic mass is 10.1. The van der Waals surface area contributed by atoms with Crippen LogP contribution in [0.2, 0.25) is 0 Å². The predicted molar refractivity (Wildman–Crippen MR) is 101 cm³/mol. The van der Waals surface area contributed by atoms with E-state index in [4.69, 9.17) is 4.74 Å².